The van der Waals surface area contributed by atoms with Gasteiger partial charge >= 0.3 is 5.97 Å². The second-order valence-corrected chi connectivity index (χ2v) is 7.85. The van der Waals surface area contributed by atoms with Crippen molar-refractivity contribution >= 4 is 40.8 Å². The second-order valence-electron chi connectivity index (χ2n) is 7.49. The zero-order chi connectivity index (χ0) is 24.8. The number of amides is 2. The molecule has 1 heterocycles. The van der Waals surface area contributed by atoms with Gasteiger partial charge in [-0.15, -0.1) is 0 Å². The molecule has 35 heavy (non-hydrogen) atoms. The number of hydrogen-bond acceptors (Lipinski definition) is 5. The number of nitrogens with one attached hydrogen (secondary N) is 2. The van der Waals surface area contributed by atoms with Crippen LogP contribution in [0.15, 0.2) is 84.9 Å². The number of esters is 1. The summed E-state index contributed by atoms with van der Waals surface area (Å²) >= 11 is 6.38. The van der Waals surface area contributed by atoms with E-state index in [4.69, 9.17) is 16.3 Å². The molecule has 0 radical (unpaired) electrons. The van der Waals surface area contributed by atoms with E-state index in [0.29, 0.717) is 17.1 Å². The van der Waals surface area contributed by atoms with Gasteiger partial charge in [-0.05, 0) is 43.3 Å². The molecule has 9 heteroatoms. The van der Waals surface area contributed by atoms with Crippen molar-refractivity contribution in [3.05, 3.63) is 107 Å². The molecule has 0 aliphatic rings. The fourth-order valence-electron chi connectivity index (χ4n) is 3.37. The molecule has 3 aromatic carbocycles. The van der Waals surface area contributed by atoms with Gasteiger partial charge < -0.3 is 15.4 Å². The Kier molecular flexibility index (Phi) is 7.23. The predicted octanol–water partition coefficient (Wildman–Crippen LogP) is 4.88. The quantitative estimate of drug-likeness (QED) is 0.361. The van der Waals surface area contributed by atoms with Gasteiger partial charge in [0.05, 0.1) is 22.6 Å². The maximum Gasteiger partial charge on any atom is 0.343 e. The lowest BCUT2D eigenvalue weighted by Gasteiger charge is -2.12. The standard InChI is InChI=1S/C26H21ClN4O4/c1-17-23(24(27)31(30-17)19-12-6-3-7-13-19)26(34)35-16-22(32)29-21-15-9-8-14-20(21)25(33)28-18-10-4-2-5-11-18/h2-15H,16H2,1H3,(H,28,33)(H,29,32). The monoisotopic (exact) mass is 488 g/mol. The number of benzene rings is 3. The number of carbonyl (C=O) groups excluding carboxylic acids is 3. The summed E-state index contributed by atoms with van der Waals surface area (Å²) in [5.41, 5.74) is 2.30. The molecule has 0 aliphatic carbocycles. The lowest BCUT2D eigenvalue weighted by atomic mass is 10.1. The first-order chi connectivity index (χ1) is 16.9. The van der Waals surface area contributed by atoms with Crippen LogP contribution in [0.1, 0.15) is 26.4 Å². The molecule has 1 aromatic heterocycles. The van der Waals surface area contributed by atoms with Crippen LogP contribution in [0.2, 0.25) is 5.15 Å². The smallest absolute Gasteiger partial charge is 0.343 e. The van der Waals surface area contributed by atoms with E-state index in [2.05, 4.69) is 15.7 Å². The van der Waals surface area contributed by atoms with Gasteiger partial charge in [0.25, 0.3) is 11.8 Å². The molecule has 2 amide bonds. The number of rotatable bonds is 7. The number of halogens is 1. The maximum absolute atomic E-state index is 12.7. The molecule has 0 saturated heterocycles. The Bertz CT molecular complexity index is 1370. The van der Waals surface area contributed by atoms with Crippen LogP contribution in [-0.4, -0.2) is 34.2 Å². The molecule has 176 valence electrons. The molecule has 0 bridgehead atoms. The van der Waals surface area contributed by atoms with Gasteiger partial charge in [0.2, 0.25) is 0 Å². The molecule has 0 fully saturated rings. The van der Waals surface area contributed by atoms with Crippen LogP contribution >= 0.6 is 11.6 Å². The van der Waals surface area contributed by atoms with E-state index in [1.54, 1.807) is 67.6 Å². The molecule has 0 atom stereocenters. The van der Waals surface area contributed by atoms with Crippen molar-refractivity contribution in [3.8, 4) is 5.69 Å². The van der Waals surface area contributed by atoms with Crippen molar-refractivity contribution in [3.63, 3.8) is 0 Å². The molecule has 4 rings (SSSR count). The number of aryl methyl sites for hydroxylation is 1. The first-order valence-corrected chi connectivity index (χ1v) is 11.0. The van der Waals surface area contributed by atoms with Gasteiger partial charge in [0, 0.05) is 5.69 Å². The fraction of sp³-hybridized carbons (Fsp3) is 0.0769. The molecule has 0 spiro atoms. The highest BCUT2D eigenvalue weighted by molar-refractivity contribution is 6.33. The zero-order valence-corrected chi connectivity index (χ0v) is 19.5. The van der Waals surface area contributed by atoms with E-state index in [1.165, 1.54) is 4.68 Å². The van der Waals surface area contributed by atoms with Crippen LogP contribution in [0.5, 0.6) is 0 Å². The Morgan fingerprint density at radius 3 is 2.23 bits per heavy atom. The summed E-state index contributed by atoms with van der Waals surface area (Å²) in [6, 6.07) is 24.6. The lowest BCUT2D eigenvalue weighted by Crippen LogP contribution is -2.23. The van der Waals surface area contributed by atoms with E-state index in [1.807, 2.05) is 24.3 Å². The number of ether oxygens (including phenoxy) is 1. The van der Waals surface area contributed by atoms with Crippen molar-refractivity contribution in [2.24, 2.45) is 0 Å². The number of nitrogens with zero attached hydrogens (tertiary/aromatic N) is 2. The highest BCUT2D eigenvalue weighted by Crippen LogP contribution is 2.24. The number of aromatic nitrogens is 2. The van der Waals surface area contributed by atoms with Gasteiger partial charge in [-0.25, -0.2) is 9.48 Å². The number of para-hydroxylation sites is 3. The summed E-state index contributed by atoms with van der Waals surface area (Å²) in [5, 5.41) is 9.77. The van der Waals surface area contributed by atoms with E-state index in [9.17, 15) is 14.4 Å². The summed E-state index contributed by atoms with van der Waals surface area (Å²) in [6.07, 6.45) is 0. The van der Waals surface area contributed by atoms with Crippen LogP contribution in [-0.2, 0) is 9.53 Å². The van der Waals surface area contributed by atoms with Crippen molar-refractivity contribution in [2.75, 3.05) is 17.2 Å². The molecule has 0 saturated carbocycles. The van der Waals surface area contributed by atoms with Crippen LogP contribution in [0.4, 0.5) is 11.4 Å². The summed E-state index contributed by atoms with van der Waals surface area (Å²) in [5.74, 6) is -1.78. The molecular weight excluding hydrogens is 468 g/mol. The van der Waals surface area contributed by atoms with Crippen molar-refractivity contribution < 1.29 is 19.1 Å². The zero-order valence-electron chi connectivity index (χ0n) is 18.7. The molecule has 0 unspecified atom stereocenters. The van der Waals surface area contributed by atoms with Crippen molar-refractivity contribution in [2.45, 2.75) is 6.92 Å². The topological polar surface area (TPSA) is 102 Å². The summed E-state index contributed by atoms with van der Waals surface area (Å²) in [4.78, 5) is 37.9. The van der Waals surface area contributed by atoms with Gasteiger partial charge in [0.1, 0.15) is 10.7 Å². The minimum atomic E-state index is -0.778. The summed E-state index contributed by atoms with van der Waals surface area (Å²) in [7, 11) is 0. The fourth-order valence-corrected chi connectivity index (χ4v) is 3.72. The Hall–Kier alpha value is -4.43. The second kappa shape index (κ2) is 10.7. The van der Waals surface area contributed by atoms with Crippen molar-refractivity contribution in [1.82, 2.24) is 9.78 Å². The average Bonchev–Trinajstić information content (AvgIpc) is 3.17. The Morgan fingerprint density at radius 1 is 0.886 bits per heavy atom. The minimum Gasteiger partial charge on any atom is -0.452 e. The van der Waals surface area contributed by atoms with Crippen LogP contribution in [0.3, 0.4) is 0 Å². The molecule has 8 nitrogen and oxygen atoms in total. The third-order valence-electron chi connectivity index (χ3n) is 5.02. The van der Waals surface area contributed by atoms with E-state index in [-0.39, 0.29) is 27.9 Å². The van der Waals surface area contributed by atoms with Gasteiger partial charge in [-0.3, -0.25) is 9.59 Å². The summed E-state index contributed by atoms with van der Waals surface area (Å²) in [6.45, 7) is 1.06. The Labute approximate surface area is 206 Å². The molecular formula is C26H21ClN4O4. The number of hydrogen-bond donors (Lipinski definition) is 2. The Morgan fingerprint density at radius 2 is 1.51 bits per heavy atom. The van der Waals surface area contributed by atoms with Crippen molar-refractivity contribution in [1.29, 1.82) is 0 Å². The first kappa shape index (κ1) is 23.7. The number of carbonyl (C=O) groups is 3. The van der Waals surface area contributed by atoms with E-state index >= 15 is 0 Å². The normalized spacial score (nSPS) is 10.5. The highest BCUT2D eigenvalue weighted by Gasteiger charge is 2.23. The van der Waals surface area contributed by atoms with Crippen LogP contribution < -0.4 is 10.6 Å². The van der Waals surface area contributed by atoms with Gasteiger partial charge in [-0.1, -0.05) is 60.1 Å². The average molecular weight is 489 g/mol. The molecule has 0 aliphatic heterocycles. The summed E-state index contributed by atoms with van der Waals surface area (Å²) < 4.78 is 6.61. The first-order valence-electron chi connectivity index (χ1n) is 10.7. The van der Waals surface area contributed by atoms with Gasteiger partial charge in [-0.2, -0.15) is 5.10 Å². The third kappa shape index (κ3) is 5.56. The highest BCUT2D eigenvalue weighted by atomic mass is 35.5. The number of anilines is 2. The largest absolute Gasteiger partial charge is 0.452 e. The van der Waals surface area contributed by atoms with Crippen LogP contribution in [0, 0.1) is 6.92 Å². The predicted molar refractivity (Wildman–Crippen MR) is 133 cm³/mol. The Balaban J connectivity index is 1.41. The lowest BCUT2D eigenvalue weighted by molar-refractivity contribution is -0.119. The maximum atomic E-state index is 12.7. The molecule has 4 aromatic rings. The van der Waals surface area contributed by atoms with Gasteiger partial charge in [0.15, 0.2) is 6.61 Å². The minimum absolute atomic E-state index is 0.0750. The SMILES string of the molecule is Cc1nn(-c2ccccc2)c(Cl)c1C(=O)OCC(=O)Nc1ccccc1C(=O)Nc1ccccc1. The molecule has 2 N–H and O–H groups in total. The van der Waals surface area contributed by atoms with E-state index in [0.717, 1.165) is 0 Å². The third-order valence-corrected chi connectivity index (χ3v) is 5.37. The van der Waals surface area contributed by atoms with E-state index < -0.39 is 18.5 Å². The van der Waals surface area contributed by atoms with Crippen LogP contribution in [0.25, 0.3) is 5.69 Å².